The van der Waals surface area contributed by atoms with Crippen LogP contribution in [0.2, 0.25) is 5.02 Å². The van der Waals surface area contributed by atoms with Gasteiger partial charge in [-0.25, -0.2) is 9.97 Å². The standard InChI is InChI=1S/C13H12ClN3O/c14-8-2-1-3-9(6-8)17-13-12-10(15-7-16-13)4-5-11(12)18/h1-3,6-7,11,18H,4-5H2,(H,15,16,17). The van der Waals surface area contributed by atoms with Crippen LogP contribution in [-0.4, -0.2) is 15.1 Å². The minimum absolute atomic E-state index is 0.483. The Balaban J connectivity index is 1.97. The number of aryl methyl sites for hydroxylation is 1. The van der Waals surface area contributed by atoms with Crippen molar-refractivity contribution in [1.29, 1.82) is 0 Å². The summed E-state index contributed by atoms with van der Waals surface area (Å²) in [5.41, 5.74) is 2.57. The molecular weight excluding hydrogens is 250 g/mol. The Bertz CT molecular complexity index is 588. The molecule has 0 aliphatic heterocycles. The first-order valence-electron chi connectivity index (χ1n) is 5.78. The lowest BCUT2D eigenvalue weighted by molar-refractivity contribution is 0.180. The van der Waals surface area contributed by atoms with Gasteiger partial charge in [-0.15, -0.1) is 0 Å². The zero-order chi connectivity index (χ0) is 12.5. The van der Waals surface area contributed by atoms with E-state index in [9.17, 15) is 5.11 Å². The lowest BCUT2D eigenvalue weighted by atomic mass is 10.2. The van der Waals surface area contributed by atoms with E-state index in [0.29, 0.717) is 17.3 Å². The van der Waals surface area contributed by atoms with Gasteiger partial charge in [0.15, 0.2) is 0 Å². The van der Waals surface area contributed by atoms with Gasteiger partial charge >= 0.3 is 0 Å². The van der Waals surface area contributed by atoms with Crippen LogP contribution < -0.4 is 5.32 Å². The normalized spacial score (nSPS) is 17.6. The highest BCUT2D eigenvalue weighted by molar-refractivity contribution is 6.30. The van der Waals surface area contributed by atoms with Crippen LogP contribution in [0.5, 0.6) is 0 Å². The van der Waals surface area contributed by atoms with Crippen molar-refractivity contribution in [3.8, 4) is 0 Å². The third-order valence-electron chi connectivity index (χ3n) is 3.04. The van der Waals surface area contributed by atoms with Crippen LogP contribution in [0, 0.1) is 0 Å². The second-order valence-electron chi connectivity index (χ2n) is 4.27. The summed E-state index contributed by atoms with van der Waals surface area (Å²) in [4.78, 5) is 8.39. The monoisotopic (exact) mass is 261 g/mol. The Hall–Kier alpha value is -1.65. The maximum atomic E-state index is 9.95. The molecule has 1 unspecified atom stereocenters. The first kappa shape index (κ1) is 11.4. The number of hydrogen-bond acceptors (Lipinski definition) is 4. The fraction of sp³-hybridized carbons (Fsp3) is 0.231. The summed E-state index contributed by atoms with van der Waals surface area (Å²) in [6.45, 7) is 0. The molecule has 0 radical (unpaired) electrons. The molecule has 0 saturated carbocycles. The molecule has 1 aliphatic rings. The van der Waals surface area contributed by atoms with E-state index in [1.54, 1.807) is 0 Å². The number of hydrogen-bond donors (Lipinski definition) is 2. The molecule has 1 aliphatic carbocycles. The summed E-state index contributed by atoms with van der Waals surface area (Å²) in [5, 5.41) is 13.8. The number of benzene rings is 1. The van der Waals surface area contributed by atoms with E-state index < -0.39 is 6.10 Å². The number of nitrogens with one attached hydrogen (secondary N) is 1. The van der Waals surface area contributed by atoms with Crippen molar-refractivity contribution in [2.45, 2.75) is 18.9 Å². The summed E-state index contributed by atoms with van der Waals surface area (Å²) in [6, 6.07) is 7.40. The number of aliphatic hydroxyl groups is 1. The molecule has 0 fully saturated rings. The van der Waals surface area contributed by atoms with Crippen LogP contribution in [0.1, 0.15) is 23.8 Å². The SMILES string of the molecule is OC1CCc2ncnc(Nc3cccc(Cl)c3)c21. The van der Waals surface area contributed by atoms with E-state index in [2.05, 4.69) is 15.3 Å². The Kier molecular flexibility index (Phi) is 2.89. The van der Waals surface area contributed by atoms with E-state index in [-0.39, 0.29) is 0 Å². The van der Waals surface area contributed by atoms with Gasteiger partial charge in [-0.2, -0.15) is 0 Å². The molecule has 0 spiro atoms. The van der Waals surface area contributed by atoms with Crippen LogP contribution in [-0.2, 0) is 6.42 Å². The minimum Gasteiger partial charge on any atom is -0.388 e. The maximum Gasteiger partial charge on any atom is 0.139 e. The lowest BCUT2D eigenvalue weighted by Crippen LogP contribution is -2.03. The fourth-order valence-corrected chi connectivity index (χ4v) is 2.39. The summed E-state index contributed by atoms with van der Waals surface area (Å²) in [6.07, 6.45) is 2.54. The van der Waals surface area contributed by atoms with Crippen LogP contribution in [0.4, 0.5) is 11.5 Å². The molecule has 5 heteroatoms. The molecule has 0 amide bonds. The maximum absolute atomic E-state index is 9.95. The first-order valence-corrected chi connectivity index (χ1v) is 6.16. The van der Waals surface area contributed by atoms with Crippen molar-refractivity contribution in [2.75, 3.05) is 5.32 Å². The van der Waals surface area contributed by atoms with Gasteiger partial charge in [0.2, 0.25) is 0 Å². The van der Waals surface area contributed by atoms with Gasteiger partial charge in [-0.1, -0.05) is 17.7 Å². The largest absolute Gasteiger partial charge is 0.388 e. The second-order valence-corrected chi connectivity index (χ2v) is 4.71. The van der Waals surface area contributed by atoms with Crippen molar-refractivity contribution in [1.82, 2.24) is 9.97 Å². The smallest absolute Gasteiger partial charge is 0.139 e. The summed E-state index contributed by atoms with van der Waals surface area (Å²) < 4.78 is 0. The number of rotatable bonds is 2. The van der Waals surface area contributed by atoms with E-state index in [1.807, 2.05) is 24.3 Å². The van der Waals surface area contributed by atoms with Crippen molar-refractivity contribution in [3.63, 3.8) is 0 Å². The van der Waals surface area contributed by atoms with Crippen LogP contribution in [0.25, 0.3) is 0 Å². The third kappa shape index (κ3) is 2.05. The highest BCUT2D eigenvalue weighted by Gasteiger charge is 2.25. The van der Waals surface area contributed by atoms with Gasteiger partial charge in [-0.3, -0.25) is 0 Å². The average Bonchev–Trinajstić information content (AvgIpc) is 2.72. The summed E-state index contributed by atoms with van der Waals surface area (Å²) in [7, 11) is 0. The van der Waals surface area contributed by atoms with Gasteiger partial charge in [0.05, 0.1) is 11.8 Å². The second kappa shape index (κ2) is 4.55. The Morgan fingerprint density at radius 1 is 1.33 bits per heavy atom. The number of aliphatic hydroxyl groups excluding tert-OH is 1. The van der Waals surface area contributed by atoms with Gasteiger partial charge < -0.3 is 10.4 Å². The molecule has 92 valence electrons. The highest BCUT2D eigenvalue weighted by Crippen LogP contribution is 2.35. The van der Waals surface area contributed by atoms with E-state index in [1.165, 1.54) is 6.33 Å². The summed E-state index contributed by atoms with van der Waals surface area (Å²) in [5.74, 6) is 0.660. The number of fused-ring (bicyclic) bond motifs is 1. The number of aromatic nitrogens is 2. The van der Waals surface area contributed by atoms with Gasteiger partial charge in [0.1, 0.15) is 12.1 Å². The third-order valence-corrected chi connectivity index (χ3v) is 3.28. The molecule has 4 nitrogen and oxygen atoms in total. The van der Waals surface area contributed by atoms with E-state index in [0.717, 1.165) is 23.4 Å². The molecule has 1 heterocycles. The number of nitrogens with zero attached hydrogens (tertiary/aromatic N) is 2. The average molecular weight is 262 g/mol. The Morgan fingerprint density at radius 3 is 3.06 bits per heavy atom. The van der Waals surface area contributed by atoms with Gasteiger partial charge in [-0.05, 0) is 31.0 Å². The molecule has 0 saturated heterocycles. The van der Waals surface area contributed by atoms with E-state index >= 15 is 0 Å². The number of anilines is 2. The summed E-state index contributed by atoms with van der Waals surface area (Å²) >= 11 is 5.93. The predicted molar refractivity (Wildman–Crippen MR) is 70.0 cm³/mol. The fourth-order valence-electron chi connectivity index (χ4n) is 2.20. The van der Waals surface area contributed by atoms with Gasteiger partial charge in [0.25, 0.3) is 0 Å². The zero-order valence-corrected chi connectivity index (χ0v) is 10.4. The molecule has 1 atom stereocenters. The Labute approximate surface area is 110 Å². The van der Waals surface area contributed by atoms with Crippen LogP contribution >= 0.6 is 11.6 Å². The topological polar surface area (TPSA) is 58.0 Å². The molecule has 18 heavy (non-hydrogen) atoms. The van der Waals surface area contributed by atoms with Crippen molar-refractivity contribution < 1.29 is 5.11 Å². The lowest BCUT2D eigenvalue weighted by Gasteiger charge is -2.12. The van der Waals surface area contributed by atoms with Gasteiger partial charge in [0, 0.05) is 16.3 Å². The molecule has 2 N–H and O–H groups in total. The molecule has 3 rings (SSSR count). The minimum atomic E-state index is -0.483. The predicted octanol–water partition coefficient (Wildman–Crippen LogP) is 2.85. The molecular formula is C13H12ClN3O. The Morgan fingerprint density at radius 2 is 2.22 bits per heavy atom. The van der Waals surface area contributed by atoms with Crippen molar-refractivity contribution >= 4 is 23.1 Å². The van der Waals surface area contributed by atoms with Crippen molar-refractivity contribution in [3.05, 3.63) is 46.9 Å². The quantitative estimate of drug-likeness (QED) is 0.873. The van der Waals surface area contributed by atoms with Crippen LogP contribution in [0.3, 0.4) is 0 Å². The molecule has 0 bridgehead atoms. The molecule has 1 aromatic heterocycles. The van der Waals surface area contributed by atoms with Crippen LogP contribution in [0.15, 0.2) is 30.6 Å². The van der Waals surface area contributed by atoms with Crippen molar-refractivity contribution in [2.24, 2.45) is 0 Å². The molecule has 2 aromatic rings. The highest BCUT2D eigenvalue weighted by atomic mass is 35.5. The zero-order valence-electron chi connectivity index (χ0n) is 9.60. The molecule has 1 aromatic carbocycles. The van der Waals surface area contributed by atoms with E-state index in [4.69, 9.17) is 11.6 Å². The number of halogens is 1. The first-order chi connectivity index (χ1) is 8.74.